The molecule has 1 aliphatic heterocycles. The number of amides is 1. The Morgan fingerprint density at radius 1 is 1.07 bits per heavy atom. The minimum Gasteiger partial charge on any atom is -0.486 e. The van der Waals surface area contributed by atoms with Crippen molar-refractivity contribution >= 4 is 17.4 Å². The molecule has 0 aliphatic carbocycles. The molecule has 142 valence electrons. The van der Waals surface area contributed by atoms with Crippen LogP contribution in [0.2, 0.25) is 0 Å². The topological polar surface area (TPSA) is 85.4 Å². The standard InChI is InChI=1S/C21H20N4O3/c1-14(26)24-17-4-2-3-16(10-17)18-12-22-13-21(25-18)23-11-15-5-6-19-20(9-15)28-8-7-27-19/h2-6,9-10,12-13H,7-8,11H2,1H3,(H,23,25)(H,24,26). The fourth-order valence-corrected chi connectivity index (χ4v) is 2.94. The molecule has 1 aromatic heterocycles. The number of hydrogen-bond acceptors (Lipinski definition) is 6. The van der Waals surface area contributed by atoms with Crippen LogP contribution in [-0.4, -0.2) is 29.1 Å². The van der Waals surface area contributed by atoms with Crippen molar-refractivity contribution in [3.63, 3.8) is 0 Å². The molecular weight excluding hydrogens is 356 g/mol. The highest BCUT2D eigenvalue weighted by atomic mass is 16.6. The van der Waals surface area contributed by atoms with Gasteiger partial charge in [-0.15, -0.1) is 0 Å². The SMILES string of the molecule is CC(=O)Nc1cccc(-c2cncc(NCc3ccc4c(c3)OCCO4)n2)c1. The van der Waals surface area contributed by atoms with Crippen LogP contribution in [0.5, 0.6) is 11.5 Å². The lowest BCUT2D eigenvalue weighted by atomic mass is 10.1. The van der Waals surface area contributed by atoms with E-state index >= 15 is 0 Å². The summed E-state index contributed by atoms with van der Waals surface area (Å²) >= 11 is 0. The van der Waals surface area contributed by atoms with Crippen molar-refractivity contribution in [1.82, 2.24) is 9.97 Å². The maximum Gasteiger partial charge on any atom is 0.221 e. The maximum atomic E-state index is 11.3. The Morgan fingerprint density at radius 3 is 2.79 bits per heavy atom. The number of ether oxygens (including phenoxy) is 2. The second-order valence-corrected chi connectivity index (χ2v) is 6.38. The van der Waals surface area contributed by atoms with Crippen LogP contribution in [0, 0.1) is 0 Å². The number of rotatable bonds is 5. The van der Waals surface area contributed by atoms with Crippen LogP contribution in [0.4, 0.5) is 11.5 Å². The molecule has 0 bridgehead atoms. The van der Waals surface area contributed by atoms with Crippen molar-refractivity contribution in [2.75, 3.05) is 23.8 Å². The Hall–Kier alpha value is -3.61. The first-order chi connectivity index (χ1) is 13.7. The van der Waals surface area contributed by atoms with Gasteiger partial charge in [0.1, 0.15) is 19.0 Å². The number of anilines is 2. The van der Waals surface area contributed by atoms with Gasteiger partial charge in [0.25, 0.3) is 0 Å². The first-order valence-corrected chi connectivity index (χ1v) is 9.00. The molecule has 0 unspecified atom stereocenters. The lowest BCUT2D eigenvalue weighted by molar-refractivity contribution is -0.114. The summed E-state index contributed by atoms with van der Waals surface area (Å²) in [6.45, 7) is 3.21. The molecule has 2 aromatic carbocycles. The molecule has 0 fully saturated rings. The molecule has 7 heteroatoms. The van der Waals surface area contributed by atoms with E-state index < -0.39 is 0 Å². The lowest BCUT2D eigenvalue weighted by Gasteiger charge is -2.19. The summed E-state index contributed by atoms with van der Waals surface area (Å²) in [5.74, 6) is 2.09. The maximum absolute atomic E-state index is 11.3. The average molecular weight is 376 g/mol. The number of carbonyl (C=O) groups is 1. The largest absolute Gasteiger partial charge is 0.486 e. The van der Waals surface area contributed by atoms with Gasteiger partial charge >= 0.3 is 0 Å². The van der Waals surface area contributed by atoms with Crippen molar-refractivity contribution in [1.29, 1.82) is 0 Å². The number of fused-ring (bicyclic) bond motifs is 1. The van der Waals surface area contributed by atoms with Gasteiger partial charge in [0.05, 0.1) is 18.1 Å². The molecule has 0 atom stereocenters. The van der Waals surface area contributed by atoms with Gasteiger partial charge < -0.3 is 20.1 Å². The Kier molecular flexibility index (Phi) is 5.05. The van der Waals surface area contributed by atoms with Crippen molar-refractivity contribution in [2.24, 2.45) is 0 Å². The molecule has 1 aliphatic rings. The smallest absolute Gasteiger partial charge is 0.221 e. The Labute approximate surface area is 162 Å². The van der Waals surface area contributed by atoms with Crippen molar-refractivity contribution in [3.8, 4) is 22.8 Å². The van der Waals surface area contributed by atoms with Crippen molar-refractivity contribution < 1.29 is 14.3 Å². The van der Waals surface area contributed by atoms with Gasteiger partial charge in [-0.2, -0.15) is 0 Å². The van der Waals surface area contributed by atoms with Crippen LogP contribution in [-0.2, 0) is 11.3 Å². The molecule has 3 aromatic rings. The lowest BCUT2D eigenvalue weighted by Crippen LogP contribution is -2.15. The predicted octanol–water partition coefficient (Wildman–Crippen LogP) is 3.49. The summed E-state index contributed by atoms with van der Waals surface area (Å²) in [5.41, 5.74) is 3.38. The number of nitrogens with one attached hydrogen (secondary N) is 2. The third kappa shape index (κ3) is 4.20. The summed E-state index contributed by atoms with van der Waals surface area (Å²) in [6, 6.07) is 13.4. The highest BCUT2D eigenvalue weighted by Crippen LogP contribution is 2.31. The van der Waals surface area contributed by atoms with Gasteiger partial charge in [-0.1, -0.05) is 18.2 Å². The minimum absolute atomic E-state index is 0.113. The molecule has 7 nitrogen and oxygen atoms in total. The van der Waals surface area contributed by atoms with Crippen LogP contribution in [0.25, 0.3) is 11.3 Å². The van der Waals surface area contributed by atoms with Crippen LogP contribution >= 0.6 is 0 Å². The first-order valence-electron chi connectivity index (χ1n) is 9.00. The van der Waals surface area contributed by atoms with E-state index in [2.05, 4.69) is 20.6 Å². The summed E-state index contributed by atoms with van der Waals surface area (Å²) in [5, 5.41) is 6.06. The third-order valence-electron chi connectivity index (χ3n) is 4.19. The number of hydrogen-bond donors (Lipinski definition) is 2. The van der Waals surface area contributed by atoms with Gasteiger partial charge in [0, 0.05) is 24.7 Å². The van der Waals surface area contributed by atoms with Crippen molar-refractivity contribution in [2.45, 2.75) is 13.5 Å². The monoisotopic (exact) mass is 376 g/mol. The van der Waals surface area contributed by atoms with Gasteiger partial charge in [-0.05, 0) is 29.8 Å². The number of carbonyl (C=O) groups excluding carboxylic acids is 1. The fraction of sp³-hybridized carbons (Fsp3) is 0.190. The molecule has 2 N–H and O–H groups in total. The van der Waals surface area contributed by atoms with E-state index in [1.807, 2.05) is 42.5 Å². The Balaban J connectivity index is 1.48. The molecular formula is C21H20N4O3. The van der Waals surface area contributed by atoms with Crippen LogP contribution in [0.3, 0.4) is 0 Å². The predicted molar refractivity (Wildman–Crippen MR) is 107 cm³/mol. The van der Waals surface area contributed by atoms with E-state index in [1.54, 1.807) is 12.4 Å². The average Bonchev–Trinajstić information content (AvgIpc) is 2.72. The molecule has 4 rings (SSSR count). The molecule has 0 radical (unpaired) electrons. The van der Waals surface area contributed by atoms with Crippen molar-refractivity contribution in [3.05, 3.63) is 60.4 Å². The van der Waals surface area contributed by atoms with E-state index in [0.717, 1.165) is 34.0 Å². The van der Waals surface area contributed by atoms with Crippen LogP contribution in [0.15, 0.2) is 54.9 Å². The van der Waals surface area contributed by atoms with E-state index in [1.165, 1.54) is 6.92 Å². The zero-order chi connectivity index (χ0) is 19.3. The van der Waals surface area contributed by atoms with Gasteiger partial charge in [0.2, 0.25) is 5.91 Å². The number of nitrogens with zero attached hydrogens (tertiary/aromatic N) is 2. The van der Waals surface area contributed by atoms with Crippen LogP contribution < -0.4 is 20.1 Å². The quantitative estimate of drug-likeness (QED) is 0.709. The summed E-state index contributed by atoms with van der Waals surface area (Å²) in [6.07, 6.45) is 3.38. The molecule has 28 heavy (non-hydrogen) atoms. The first kappa shape index (κ1) is 17.8. The molecule has 1 amide bonds. The summed E-state index contributed by atoms with van der Waals surface area (Å²) in [4.78, 5) is 20.2. The third-order valence-corrected chi connectivity index (χ3v) is 4.19. The van der Waals surface area contributed by atoms with Crippen LogP contribution in [0.1, 0.15) is 12.5 Å². The minimum atomic E-state index is -0.113. The molecule has 0 saturated carbocycles. The Bertz CT molecular complexity index is 1010. The number of benzene rings is 2. The molecule has 0 spiro atoms. The second kappa shape index (κ2) is 7.96. The van der Waals surface area contributed by atoms with Gasteiger partial charge in [-0.25, -0.2) is 4.98 Å². The van der Waals surface area contributed by atoms with E-state index in [-0.39, 0.29) is 5.91 Å². The highest BCUT2D eigenvalue weighted by Gasteiger charge is 2.11. The fourth-order valence-electron chi connectivity index (χ4n) is 2.94. The van der Waals surface area contributed by atoms with E-state index in [0.29, 0.717) is 25.6 Å². The molecule has 0 saturated heterocycles. The van der Waals surface area contributed by atoms with Gasteiger partial charge in [-0.3, -0.25) is 9.78 Å². The zero-order valence-electron chi connectivity index (χ0n) is 15.4. The van der Waals surface area contributed by atoms with E-state index in [9.17, 15) is 4.79 Å². The summed E-state index contributed by atoms with van der Waals surface area (Å²) < 4.78 is 11.2. The Morgan fingerprint density at radius 2 is 1.93 bits per heavy atom. The number of aromatic nitrogens is 2. The van der Waals surface area contributed by atoms with E-state index in [4.69, 9.17) is 9.47 Å². The van der Waals surface area contributed by atoms with Gasteiger partial charge in [0.15, 0.2) is 11.5 Å². The zero-order valence-corrected chi connectivity index (χ0v) is 15.4. The highest BCUT2D eigenvalue weighted by molar-refractivity contribution is 5.89. The molecule has 2 heterocycles. The normalized spacial score (nSPS) is 12.3. The second-order valence-electron chi connectivity index (χ2n) is 6.38. The summed E-state index contributed by atoms with van der Waals surface area (Å²) in [7, 11) is 0.